The van der Waals surface area contributed by atoms with E-state index in [0.717, 1.165) is 73.1 Å². The molecule has 376 valence electrons. The molecule has 0 fully saturated rings. The molecule has 11 aromatic rings. The Bertz CT molecular complexity index is 4140. The summed E-state index contributed by atoms with van der Waals surface area (Å²) in [6.45, 7) is 27.4. The zero-order chi connectivity index (χ0) is 53.1. The molecule has 0 bridgehead atoms. The van der Waals surface area contributed by atoms with Gasteiger partial charge in [0.05, 0.1) is 33.7 Å². The summed E-state index contributed by atoms with van der Waals surface area (Å²) < 4.78 is 16.2. The number of benzene rings is 8. The van der Waals surface area contributed by atoms with Crippen LogP contribution in [-0.4, -0.2) is 20.1 Å². The van der Waals surface area contributed by atoms with Crippen LogP contribution >= 0.6 is 0 Å². The fraction of sp³-hybridized carbons (Fsp3) is 0.229. The fourth-order valence-corrected chi connectivity index (χ4v) is 11.0. The Morgan fingerprint density at radius 2 is 0.987 bits per heavy atom. The number of ether oxygens (including phenoxy) is 1. The average Bonchev–Trinajstić information content (AvgIpc) is 4.05. The van der Waals surface area contributed by atoms with E-state index in [1.54, 1.807) is 0 Å². The molecule has 0 saturated carbocycles. The van der Waals surface area contributed by atoms with Crippen LogP contribution in [0.3, 0.4) is 0 Å². The van der Waals surface area contributed by atoms with Gasteiger partial charge in [0.2, 0.25) is 11.4 Å². The van der Waals surface area contributed by atoms with Crippen molar-refractivity contribution in [2.24, 2.45) is 0 Å². The van der Waals surface area contributed by atoms with Crippen molar-refractivity contribution in [1.29, 1.82) is 0 Å². The van der Waals surface area contributed by atoms with Gasteiger partial charge in [0.25, 0.3) is 5.69 Å². The molecule has 6 heteroatoms. The van der Waals surface area contributed by atoms with Gasteiger partial charge >= 0.3 is 11.7 Å². The van der Waals surface area contributed by atoms with Crippen molar-refractivity contribution in [3.8, 4) is 34.1 Å². The second kappa shape index (κ2) is 17.7. The first-order chi connectivity index (χ1) is 36.2. The van der Waals surface area contributed by atoms with E-state index < -0.39 is 0 Å². The molecule has 0 spiro atoms. The predicted molar refractivity (Wildman–Crippen MR) is 320 cm³/mol. The van der Waals surface area contributed by atoms with Crippen LogP contribution in [0.4, 0.5) is 22.7 Å². The summed E-state index contributed by atoms with van der Waals surface area (Å²) in [7, 11) is 0. The molecule has 0 amide bonds. The summed E-state index contributed by atoms with van der Waals surface area (Å²) >= 11 is 0. The highest BCUT2D eigenvalue weighted by Gasteiger charge is 2.41. The lowest BCUT2D eigenvalue weighted by Crippen LogP contribution is -2.17. The van der Waals surface area contributed by atoms with Crippen LogP contribution in [0.25, 0.3) is 66.2 Å². The summed E-state index contributed by atoms with van der Waals surface area (Å²) in [5.74, 6) is 2.32. The maximum absolute atomic E-state index is 6.97. The minimum absolute atomic E-state index is 0.00567. The van der Waals surface area contributed by atoms with Gasteiger partial charge in [0.1, 0.15) is 17.3 Å². The third kappa shape index (κ3) is 8.51. The molecule has 1 aliphatic heterocycles. The lowest BCUT2D eigenvalue weighted by Gasteiger charge is -2.24. The Hall–Kier alpha value is -8.31. The molecule has 6 nitrogen and oxygen atoms in total. The van der Waals surface area contributed by atoms with Crippen LogP contribution in [0, 0.1) is 0 Å². The Morgan fingerprint density at radius 3 is 1.66 bits per heavy atom. The lowest BCUT2D eigenvalue weighted by molar-refractivity contribution is 0.483. The summed E-state index contributed by atoms with van der Waals surface area (Å²) in [4.78, 5) is 5.08. The van der Waals surface area contributed by atoms with Gasteiger partial charge in [0.15, 0.2) is 0 Å². The minimum atomic E-state index is -0.0731. The Kier molecular flexibility index (Phi) is 11.3. The van der Waals surface area contributed by atoms with Crippen molar-refractivity contribution < 1.29 is 4.74 Å². The van der Waals surface area contributed by atoms with Crippen LogP contribution < -0.4 is 13.9 Å². The standard InChI is InChI=1S/C70H67N5O/c1-67(2,3)46-21-17-20-45(36-46)55-26-19-29-62-66(55)73(52-38-48(69(7,8)9)37-49(39-52)70(10,11)12)44-72(62)50-22-18-23-53(41-50)76-54-31-33-59-58-32-30-51(74-60-27-15-13-24-56(60)57-25-14-16-28-61(57)74)42-63(58)75(64(59)43-54)65-40-47(34-35-71-65)68(4,5)6/h13-43H,1-12H3/q+2. The normalized spacial score (nSPS) is 13.2. The zero-order valence-electron chi connectivity index (χ0n) is 46.0. The average molecular weight is 994 g/mol. The van der Waals surface area contributed by atoms with Gasteiger partial charge in [-0.05, 0) is 119 Å². The highest BCUT2D eigenvalue weighted by Crippen LogP contribution is 2.46. The summed E-state index contributed by atoms with van der Waals surface area (Å²) in [6, 6.07) is 70.1. The monoisotopic (exact) mass is 994 g/mol. The van der Waals surface area contributed by atoms with Crippen LogP contribution in [0.1, 0.15) is 105 Å². The third-order valence-corrected chi connectivity index (χ3v) is 15.3. The first-order valence-electron chi connectivity index (χ1n) is 26.8. The van der Waals surface area contributed by atoms with E-state index in [1.807, 2.05) is 12.3 Å². The van der Waals surface area contributed by atoms with E-state index in [-0.39, 0.29) is 21.7 Å². The van der Waals surface area contributed by atoms with Crippen molar-refractivity contribution in [2.45, 2.75) is 105 Å². The van der Waals surface area contributed by atoms with Crippen molar-refractivity contribution in [3.63, 3.8) is 0 Å². The van der Waals surface area contributed by atoms with Crippen molar-refractivity contribution >= 4 is 72.4 Å². The molecular formula is C70H67N5O+2. The van der Waals surface area contributed by atoms with Crippen LogP contribution in [-0.2, 0) is 21.7 Å². The van der Waals surface area contributed by atoms with E-state index in [0.29, 0.717) is 0 Å². The number of hydrogen-bond donors (Lipinski definition) is 0. The van der Waals surface area contributed by atoms with E-state index >= 15 is 0 Å². The molecule has 0 N–H and O–H groups in total. The van der Waals surface area contributed by atoms with Gasteiger partial charge in [0, 0.05) is 63.8 Å². The Balaban J connectivity index is 1.01. The van der Waals surface area contributed by atoms with Gasteiger partial charge in [-0.15, -0.1) is 0 Å². The molecular weight excluding hydrogens is 927 g/mol. The highest BCUT2D eigenvalue weighted by molar-refractivity contribution is 6.12. The molecule has 0 saturated heterocycles. The number of aromatic nitrogens is 3. The molecule has 0 atom stereocenters. The quantitative estimate of drug-likeness (QED) is 0.149. The van der Waals surface area contributed by atoms with E-state index in [9.17, 15) is 0 Å². The maximum atomic E-state index is 6.97. The largest absolute Gasteiger partial charge is 0.503 e. The molecule has 12 rings (SSSR count). The molecule has 0 unspecified atom stereocenters. The molecule has 0 radical (unpaired) electrons. The number of nitrogens with zero attached hydrogens (tertiary/aromatic N) is 5. The van der Waals surface area contributed by atoms with Crippen LogP contribution in [0.15, 0.2) is 188 Å². The number of fused-ring (bicyclic) bond motifs is 7. The number of pyridine rings is 1. The smallest absolute Gasteiger partial charge is 0.457 e. The van der Waals surface area contributed by atoms with Crippen molar-refractivity contribution in [1.82, 2.24) is 23.3 Å². The molecule has 1 aliphatic rings. The second-order valence-corrected chi connectivity index (χ2v) is 24.9. The Morgan fingerprint density at radius 1 is 0.408 bits per heavy atom. The lowest BCUT2D eigenvalue weighted by atomic mass is 9.80. The molecule has 3 aromatic heterocycles. The van der Waals surface area contributed by atoms with Crippen LogP contribution in [0.5, 0.6) is 11.5 Å². The van der Waals surface area contributed by atoms with Crippen molar-refractivity contribution in [3.05, 3.63) is 210 Å². The van der Waals surface area contributed by atoms with E-state index in [1.165, 1.54) is 49.6 Å². The summed E-state index contributed by atoms with van der Waals surface area (Å²) in [5.41, 5.74) is 16.9. The molecule has 76 heavy (non-hydrogen) atoms. The minimum Gasteiger partial charge on any atom is -0.457 e. The van der Waals surface area contributed by atoms with Gasteiger partial charge < -0.3 is 9.30 Å². The number of rotatable bonds is 7. The first kappa shape index (κ1) is 48.6. The van der Waals surface area contributed by atoms with Crippen molar-refractivity contribution in [2.75, 3.05) is 0 Å². The molecule has 0 aliphatic carbocycles. The fourth-order valence-electron chi connectivity index (χ4n) is 11.0. The summed E-state index contributed by atoms with van der Waals surface area (Å²) in [5, 5.41) is 4.74. The first-order valence-corrected chi connectivity index (χ1v) is 26.8. The SMILES string of the molecule is CC(C)(C)c1cccc(-c2cccc3c2[N+](c2cc(C(C)(C)C)cc(C(C)(C)C)c2)=C=[N+]3c2cccc(Oc3ccc4c5ccc(-n6c7ccccc7c7ccccc76)cc5n(-c5cc(C(C)(C)C)ccn5)c4c3)c2)c1. The number of hydrogen-bond acceptors (Lipinski definition) is 2. The van der Waals surface area contributed by atoms with Gasteiger partial charge in [-0.25, -0.2) is 4.98 Å². The second-order valence-electron chi connectivity index (χ2n) is 24.9. The third-order valence-electron chi connectivity index (χ3n) is 15.3. The number of para-hydroxylation sites is 3. The van der Waals surface area contributed by atoms with Crippen LogP contribution in [0.2, 0.25) is 0 Å². The van der Waals surface area contributed by atoms with E-state index in [4.69, 9.17) is 9.72 Å². The van der Waals surface area contributed by atoms with E-state index in [2.05, 4.69) is 283 Å². The Labute approximate surface area is 447 Å². The molecule has 4 heterocycles. The van der Waals surface area contributed by atoms with Gasteiger partial charge in [-0.2, -0.15) is 0 Å². The zero-order valence-corrected chi connectivity index (χ0v) is 46.0. The summed E-state index contributed by atoms with van der Waals surface area (Å²) in [6.07, 6.45) is 1.94. The van der Waals surface area contributed by atoms with Gasteiger partial charge in [-0.1, -0.05) is 168 Å². The predicted octanol–water partition coefficient (Wildman–Crippen LogP) is 18.8. The highest BCUT2D eigenvalue weighted by atomic mass is 16.5. The van der Waals surface area contributed by atoms with Gasteiger partial charge in [-0.3, -0.25) is 4.57 Å². The topological polar surface area (TPSA) is 38.0 Å². The maximum Gasteiger partial charge on any atom is 0.503 e. The molecule has 8 aromatic carbocycles.